The molecular formula is C28H35NO6. The Hall–Kier alpha value is -3.35. The molecule has 1 fully saturated rings. The number of nitrogens with zero attached hydrogens (tertiary/aromatic N) is 1. The minimum Gasteiger partial charge on any atom is -0.494 e. The van der Waals surface area contributed by atoms with E-state index in [0.29, 0.717) is 36.4 Å². The van der Waals surface area contributed by atoms with Crippen molar-refractivity contribution < 1.29 is 28.6 Å². The maximum atomic E-state index is 12.8. The molecule has 1 saturated heterocycles. The van der Waals surface area contributed by atoms with Gasteiger partial charge >= 0.3 is 11.9 Å². The van der Waals surface area contributed by atoms with Gasteiger partial charge in [0.15, 0.2) is 0 Å². The van der Waals surface area contributed by atoms with Crippen molar-refractivity contribution in [2.75, 3.05) is 20.3 Å². The van der Waals surface area contributed by atoms with E-state index in [-0.39, 0.29) is 5.91 Å². The van der Waals surface area contributed by atoms with Crippen LogP contribution in [0.2, 0.25) is 0 Å². The molecule has 0 aromatic heterocycles. The number of hydrogen-bond donors (Lipinski definition) is 0. The van der Waals surface area contributed by atoms with Crippen LogP contribution in [-0.2, 0) is 9.53 Å². The van der Waals surface area contributed by atoms with Gasteiger partial charge in [-0.3, -0.25) is 4.79 Å². The van der Waals surface area contributed by atoms with E-state index in [1.165, 1.54) is 44.1 Å². The Morgan fingerprint density at radius 2 is 1.49 bits per heavy atom. The summed E-state index contributed by atoms with van der Waals surface area (Å²) in [7, 11) is 1.32. The summed E-state index contributed by atoms with van der Waals surface area (Å²) in [5, 5.41) is 0. The zero-order valence-electron chi connectivity index (χ0n) is 20.7. The van der Waals surface area contributed by atoms with Gasteiger partial charge in [0, 0.05) is 12.1 Å². The van der Waals surface area contributed by atoms with Crippen LogP contribution in [0, 0.1) is 0 Å². The second-order valence-electron chi connectivity index (χ2n) is 8.73. The van der Waals surface area contributed by atoms with Gasteiger partial charge in [-0.1, -0.05) is 39.0 Å². The van der Waals surface area contributed by atoms with Crippen LogP contribution in [-0.4, -0.2) is 49.0 Å². The van der Waals surface area contributed by atoms with E-state index in [1.807, 2.05) is 0 Å². The monoisotopic (exact) mass is 481 g/mol. The van der Waals surface area contributed by atoms with Gasteiger partial charge in [-0.25, -0.2) is 9.59 Å². The molecule has 0 bridgehead atoms. The van der Waals surface area contributed by atoms with Gasteiger partial charge in [0.1, 0.15) is 17.5 Å². The zero-order valence-corrected chi connectivity index (χ0v) is 20.7. The lowest BCUT2D eigenvalue weighted by Crippen LogP contribution is -2.41. The highest BCUT2D eigenvalue weighted by Gasteiger charge is 2.35. The van der Waals surface area contributed by atoms with Crippen LogP contribution >= 0.6 is 0 Å². The molecule has 0 N–H and O–H groups in total. The van der Waals surface area contributed by atoms with Crippen LogP contribution in [0.15, 0.2) is 48.5 Å². The Labute approximate surface area is 207 Å². The van der Waals surface area contributed by atoms with Crippen molar-refractivity contribution in [3.63, 3.8) is 0 Å². The second kappa shape index (κ2) is 13.5. The summed E-state index contributed by atoms with van der Waals surface area (Å²) in [6.07, 6.45) is 8.58. The molecule has 0 aliphatic carbocycles. The number of rotatable bonds is 12. The van der Waals surface area contributed by atoms with E-state index < -0.39 is 18.0 Å². The number of carbonyl (C=O) groups excluding carboxylic acids is 3. The fourth-order valence-electron chi connectivity index (χ4n) is 4.15. The highest BCUT2D eigenvalue weighted by molar-refractivity contribution is 5.97. The first-order chi connectivity index (χ1) is 17.0. The van der Waals surface area contributed by atoms with Crippen LogP contribution in [0.3, 0.4) is 0 Å². The molecule has 1 aliphatic heterocycles. The van der Waals surface area contributed by atoms with Crippen LogP contribution in [0.1, 0.15) is 79.0 Å². The van der Waals surface area contributed by atoms with Crippen LogP contribution < -0.4 is 9.47 Å². The summed E-state index contributed by atoms with van der Waals surface area (Å²) in [5.74, 6) is -0.0737. The summed E-state index contributed by atoms with van der Waals surface area (Å²) in [4.78, 5) is 38.8. The molecule has 7 heteroatoms. The number of ether oxygens (including phenoxy) is 3. The van der Waals surface area contributed by atoms with E-state index in [2.05, 4.69) is 6.92 Å². The molecule has 0 unspecified atom stereocenters. The minimum atomic E-state index is -0.553. The number of benzene rings is 2. The van der Waals surface area contributed by atoms with Crippen molar-refractivity contribution in [3.8, 4) is 11.5 Å². The van der Waals surface area contributed by atoms with Crippen molar-refractivity contribution in [3.05, 3.63) is 59.7 Å². The van der Waals surface area contributed by atoms with E-state index >= 15 is 0 Å². The number of methoxy groups -OCH3 is 1. The quantitative estimate of drug-likeness (QED) is 0.229. The van der Waals surface area contributed by atoms with Gasteiger partial charge in [-0.2, -0.15) is 0 Å². The summed E-state index contributed by atoms with van der Waals surface area (Å²) in [6, 6.07) is 12.7. The van der Waals surface area contributed by atoms with Gasteiger partial charge in [0.05, 0.1) is 19.3 Å². The Balaban J connectivity index is 1.47. The second-order valence-corrected chi connectivity index (χ2v) is 8.73. The Morgan fingerprint density at radius 1 is 0.857 bits per heavy atom. The van der Waals surface area contributed by atoms with E-state index in [1.54, 1.807) is 48.5 Å². The fourth-order valence-corrected chi connectivity index (χ4v) is 4.15. The molecule has 2 aromatic carbocycles. The normalized spacial score (nSPS) is 15.0. The van der Waals surface area contributed by atoms with Crippen LogP contribution in [0.4, 0.5) is 0 Å². The summed E-state index contributed by atoms with van der Waals surface area (Å²) >= 11 is 0. The molecule has 188 valence electrons. The van der Waals surface area contributed by atoms with Gasteiger partial charge in [-0.05, 0) is 67.8 Å². The molecule has 2 aromatic rings. The first-order valence-electron chi connectivity index (χ1n) is 12.5. The van der Waals surface area contributed by atoms with Crippen molar-refractivity contribution in [2.45, 2.75) is 64.3 Å². The van der Waals surface area contributed by atoms with E-state index in [9.17, 15) is 14.4 Å². The SMILES string of the molecule is CCCCCCCCOc1ccc(C(=O)Oc2ccc(C(=O)N3CCC[C@H]3C(=O)OC)cc2)cc1. The average Bonchev–Trinajstić information content (AvgIpc) is 3.38. The third-order valence-electron chi connectivity index (χ3n) is 6.16. The van der Waals surface area contributed by atoms with Gasteiger partial charge in [-0.15, -0.1) is 0 Å². The zero-order chi connectivity index (χ0) is 25.0. The summed E-state index contributed by atoms with van der Waals surface area (Å²) < 4.78 is 16.0. The van der Waals surface area contributed by atoms with Crippen molar-refractivity contribution in [1.29, 1.82) is 0 Å². The third-order valence-corrected chi connectivity index (χ3v) is 6.16. The first-order valence-corrected chi connectivity index (χ1v) is 12.5. The lowest BCUT2D eigenvalue weighted by atomic mass is 10.1. The number of likely N-dealkylation sites (tertiary alicyclic amines) is 1. The van der Waals surface area contributed by atoms with Gasteiger partial charge < -0.3 is 19.1 Å². The molecular weight excluding hydrogens is 446 g/mol. The predicted molar refractivity (Wildman–Crippen MR) is 133 cm³/mol. The lowest BCUT2D eigenvalue weighted by Gasteiger charge is -2.22. The molecule has 1 atom stereocenters. The molecule has 3 rings (SSSR count). The molecule has 1 amide bonds. The van der Waals surface area contributed by atoms with Crippen molar-refractivity contribution in [1.82, 2.24) is 4.90 Å². The molecule has 0 spiro atoms. The Kier molecular flexibility index (Phi) is 10.1. The van der Waals surface area contributed by atoms with E-state index in [4.69, 9.17) is 14.2 Å². The summed E-state index contributed by atoms with van der Waals surface area (Å²) in [6.45, 7) is 3.38. The Morgan fingerprint density at radius 3 is 2.17 bits per heavy atom. The van der Waals surface area contributed by atoms with Gasteiger partial charge in [0.2, 0.25) is 0 Å². The highest BCUT2D eigenvalue weighted by atomic mass is 16.5. The smallest absolute Gasteiger partial charge is 0.343 e. The molecule has 0 saturated carbocycles. The van der Waals surface area contributed by atoms with Crippen LogP contribution in [0.5, 0.6) is 11.5 Å². The molecule has 35 heavy (non-hydrogen) atoms. The highest BCUT2D eigenvalue weighted by Crippen LogP contribution is 2.23. The van der Waals surface area contributed by atoms with Crippen LogP contribution in [0.25, 0.3) is 0 Å². The number of carbonyl (C=O) groups is 3. The minimum absolute atomic E-state index is 0.243. The average molecular weight is 482 g/mol. The Bertz CT molecular complexity index is 970. The van der Waals surface area contributed by atoms with Crippen molar-refractivity contribution in [2.24, 2.45) is 0 Å². The maximum Gasteiger partial charge on any atom is 0.343 e. The topological polar surface area (TPSA) is 82.1 Å². The predicted octanol–water partition coefficient (Wildman–Crippen LogP) is 5.42. The largest absolute Gasteiger partial charge is 0.494 e. The molecule has 1 heterocycles. The molecule has 7 nitrogen and oxygen atoms in total. The van der Waals surface area contributed by atoms with Gasteiger partial charge in [0.25, 0.3) is 5.91 Å². The first kappa shape index (κ1) is 26.3. The fraction of sp³-hybridized carbons (Fsp3) is 0.464. The van der Waals surface area contributed by atoms with E-state index in [0.717, 1.165) is 18.6 Å². The third kappa shape index (κ3) is 7.57. The number of unbranched alkanes of at least 4 members (excludes halogenated alkanes) is 5. The molecule has 1 aliphatic rings. The lowest BCUT2D eigenvalue weighted by molar-refractivity contribution is -0.145. The summed E-state index contributed by atoms with van der Waals surface area (Å²) in [5.41, 5.74) is 0.836. The number of esters is 2. The number of hydrogen-bond acceptors (Lipinski definition) is 6. The van der Waals surface area contributed by atoms with Crippen molar-refractivity contribution >= 4 is 17.8 Å². The molecule has 0 radical (unpaired) electrons. The number of amides is 1. The maximum absolute atomic E-state index is 12.8. The standard InChI is InChI=1S/C28H35NO6/c1-3-4-5-6-7-8-20-34-23-15-13-22(14-16-23)27(31)35-24-17-11-21(12-18-24)26(30)29-19-9-10-25(29)28(32)33-2/h11-18,25H,3-10,19-20H2,1-2H3/t25-/m0/s1.